The molecule has 290 valence electrons. The molecule has 3 aromatic carbocycles. The zero-order valence-corrected chi connectivity index (χ0v) is 31.7. The van der Waals surface area contributed by atoms with E-state index in [4.69, 9.17) is 18.7 Å². The van der Waals surface area contributed by atoms with Crippen molar-refractivity contribution in [2.24, 2.45) is 0 Å². The number of likely N-dealkylation sites (N-methyl/N-ethyl adjacent to an activating group) is 2. The van der Waals surface area contributed by atoms with Gasteiger partial charge in [-0.05, 0) is 62.6 Å². The van der Waals surface area contributed by atoms with Crippen LogP contribution in [0.3, 0.4) is 0 Å². The van der Waals surface area contributed by atoms with Gasteiger partial charge in [-0.25, -0.2) is 4.79 Å². The summed E-state index contributed by atoms with van der Waals surface area (Å²) in [5.74, 6) is -1.73. The maximum atomic E-state index is 12.8. The van der Waals surface area contributed by atoms with E-state index in [1.165, 1.54) is 6.07 Å². The number of aromatic carboxylic acids is 1. The number of carboxylic acids is 1. The Morgan fingerprint density at radius 3 is 1.67 bits per heavy atom. The molecule has 3 aliphatic heterocycles. The summed E-state index contributed by atoms with van der Waals surface area (Å²) in [6, 6.07) is 20.7. The number of amides is 1. The molecule has 0 unspecified atom stereocenters. The first-order valence-corrected chi connectivity index (χ1v) is 18.1. The molecule has 3 aliphatic rings. The highest BCUT2D eigenvalue weighted by atomic mass is 35.5. The second-order valence-corrected chi connectivity index (χ2v) is 13.7. The summed E-state index contributed by atoms with van der Waals surface area (Å²) in [6.07, 6.45) is 0. The lowest BCUT2D eigenvalue weighted by Gasteiger charge is -2.34. The fourth-order valence-electron chi connectivity index (χ4n) is 6.91. The van der Waals surface area contributed by atoms with Gasteiger partial charge in [0.1, 0.15) is 0 Å². The van der Waals surface area contributed by atoms with E-state index in [2.05, 4.69) is 43.9 Å². The maximum Gasteiger partial charge on any atom is 0.371 e. The number of para-hydroxylation sites is 2. The van der Waals surface area contributed by atoms with Gasteiger partial charge in [0.05, 0.1) is 35.4 Å². The van der Waals surface area contributed by atoms with Gasteiger partial charge in [0.25, 0.3) is 5.91 Å². The number of benzene rings is 3. The highest BCUT2D eigenvalue weighted by molar-refractivity contribution is 6.04. The van der Waals surface area contributed by atoms with Crippen molar-refractivity contribution in [2.75, 3.05) is 113 Å². The Labute approximate surface area is 323 Å². The Hall–Kier alpha value is -5.41. The molecule has 5 heterocycles. The molecule has 2 aromatic heterocycles. The Morgan fingerprint density at radius 1 is 0.636 bits per heavy atom. The SMILES string of the molecule is CN1CCN(c2cccc3c(=O)cc(C(=O)O)oc23)CC1.CN1CCN(c2cccc3c(=O)cc(NC(=O)c4ccc(N5CCOCC5)cc4)oc23)CC1.Cl. The van der Waals surface area contributed by atoms with E-state index in [1.54, 1.807) is 30.3 Å². The van der Waals surface area contributed by atoms with Crippen LogP contribution in [0.5, 0.6) is 0 Å². The molecule has 0 radical (unpaired) electrons. The first kappa shape index (κ1) is 39.3. The third kappa shape index (κ3) is 8.94. The quantitative estimate of drug-likeness (QED) is 0.253. The minimum Gasteiger partial charge on any atom is -0.475 e. The summed E-state index contributed by atoms with van der Waals surface area (Å²) in [4.78, 5) is 59.8. The lowest BCUT2D eigenvalue weighted by molar-refractivity contribution is 0.0663. The van der Waals surface area contributed by atoms with Crippen LogP contribution in [0.4, 0.5) is 22.9 Å². The fourth-order valence-corrected chi connectivity index (χ4v) is 6.91. The minimum atomic E-state index is -1.23. The predicted molar refractivity (Wildman–Crippen MR) is 216 cm³/mol. The number of piperazine rings is 2. The van der Waals surface area contributed by atoms with Crippen LogP contribution < -0.4 is 30.9 Å². The molecule has 0 atom stereocenters. The molecule has 0 spiro atoms. The minimum absolute atomic E-state index is 0. The van der Waals surface area contributed by atoms with Gasteiger partial charge < -0.3 is 43.2 Å². The van der Waals surface area contributed by atoms with Gasteiger partial charge >= 0.3 is 5.97 Å². The highest BCUT2D eigenvalue weighted by Crippen LogP contribution is 2.29. The first-order chi connectivity index (χ1) is 26.1. The molecule has 0 bridgehead atoms. The maximum absolute atomic E-state index is 12.8. The molecule has 3 fully saturated rings. The number of rotatable bonds is 6. The molecule has 1 amide bonds. The Balaban J connectivity index is 0.000000202. The number of morpholine rings is 1. The van der Waals surface area contributed by atoms with Gasteiger partial charge in [0.2, 0.25) is 11.6 Å². The molecule has 5 aromatic rings. The Bertz CT molecular complexity index is 2260. The zero-order chi connectivity index (χ0) is 37.8. The normalized spacial score (nSPS) is 16.7. The van der Waals surface area contributed by atoms with Gasteiger partial charge in [-0.2, -0.15) is 0 Å². The largest absolute Gasteiger partial charge is 0.475 e. The summed E-state index contributed by atoms with van der Waals surface area (Å²) in [5, 5.41) is 12.7. The van der Waals surface area contributed by atoms with E-state index in [1.807, 2.05) is 30.3 Å². The molecular weight excluding hydrogens is 728 g/mol. The number of carbonyl (C=O) groups is 2. The molecule has 0 aliphatic carbocycles. The number of hydrogen-bond donors (Lipinski definition) is 2. The lowest BCUT2D eigenvalue weighted by Crippen LogP contribution is -2.44. The van der Waals surface area contributed by atoms with Crippen LogP contribution >= 0.6 is 12.4 Å². The van der Waals surface area contributed by atoms with Gasteiger partial charge in [-0.15, -0.1) is 12.4 Å². The van der Waals surface area contributed by atoms with Crippen molar-refractivity contribution in [1.29, 1.82) is 0 Å². The number of nitrogens with one attached hydrogen (secondary N) is 1. The third-order valence-corrected chi connectivity index (χ3v) is 10.1. The number of nitrogens with zero attached hydrogens (tertiary/aromatic N) is 5. The smallest absolute Gasteiger partial charge is 0.371 e. The molecule has 14 nitrogen and oxygen atoms in total. The van der Waals surface area contributed by atoms with Crippen LogP contribution in [0.25, 0.3) is 21.9 Å². The molecule has 3 saturated heterocycles. The molecule has 2 N–H and O–H groups in total. The Kier molecular flexibility index (Phi) is 12.4. The topological polar surface area (TPSA) is 152 Å². The van der Waals surface area contributed by atoms with E-state index in [9.17, 15) is 19.2 Å². The summed E-state index contributed by atoms with van der Waals surface area (Å²) in [7, 11) is 4.16. The van der Waals surface area contributed by atoms with E-state index < -0.39 is 5.97 Å². The van der Waals surface area contributed by atoms with Crippen LogP contribution in [-0.2, 0) is 4.74 Å². The number of fused-ring (bicyclic) bond motifs is 2. The third-order valence-electron chi connectivity index (χ3n) is 10.1. The van der Waals surface area contributed by atoms with E-state index in [0.717, 1.165) is 88.6 Å². The van der Waals surface area contributed by atoms with Crippen molar-refractivity contribution >= 4 is 69.2 Å². The van der Waals surface area contributed by atoms with Crippen LogP contribution in [0.1, 0.15) is 20.9 Å². The van der Waals surface area contributed by atoms with Gasteiger partial charge in [0.15, 0.2) is 22.0 Å². The van der Waals surface area contributed by atoms with E-state index in [0.29, 0.717) is 40.7 Å². The second-order valence-electron chi connectivity index (χ2n) is 13.7. The standard InChI is InChI=1S/C25H28N4O4.C15H16N2O4.ClH/c1-27-9-11-29(12-10-27)21-4-2-3-20-22(30)17-23(33-24(20)21)26-25(31)18-5-7-19(8-6-18)28-13-15-32-16-14-28;1-16-5-7-17(8-6-16)11-4-2-3-10-12(18)9-13(15(19)20)21-14(10)11;/h2-8,17H,9-16H2,1H3,(H,26,31);2-4,9H,5-8H2,1H3,(H,19,20);1H. The van der Waals surface area contributed by atoms with Gasteiger partial charge in [-0.1, -0.05) is 12.1 Å². The van der Waals surface area contributed by atoms with Crippen molar-refractivity contribution in [1.82, 2.24) is 9.80 Å². The van der Waals surface area contributed by atoms with Crippen molar-refractivity contribution in [3.8, 4) is 0 Å². The van der Waals surface area contributed by atoms with Crippen molar-refractivity contribution < 1.29 is 28.3 Å². The number of carboxylic acid groups (broad SMARTS) is 1. The summed E-state index contributed by atoms with van der Waals surface area (Å²) in [5.41, 5.74) is 3.57. The Morgan fingerprint density at radius 2 is 1.15 bits per heavy atom. The average molecular weight is 773 g/mol. The van der Waals surface area contributed by atoms with Crippen LogP contribution in [-0.4, -0.2) is 120 Å². The predicted octanol–water partition coefficient (Wildman–Crippen LogP) is 4.30. The highest BCUT2D eigenvalue weighted by Gasteiger charge is 2.22. The van der Waals surface area contributed by atoms with Crippen LogP contribution in [0.2, 0.25) is 0 Å². The number of halogens is 1. The van der Waals surface area contributed by atoms with E-state index in [-0.39, 0.29) is 40.8 Å². The molecule has 55 heavy (non-hydrogen) atoms. The summed E-state index contributed by atoms with van der Waals surface area (Å²) in [6.45, 7) is 10.1. The van der Waals surface area contributed by atoms with Gasteiger partial charge in [-0.3, -0.25) is 19.7 Å². The fraction of sp³-hybridized carbons (Fsp3) is 0.350. The molecule has 0 saturated carbocycles. The first-order valence-electron chi connectivity index (χ1n) is 18.1. The summed E-state index contributed by atoms with van der Waals surface area (Å²) < 4.78 is 16.9. The number of anilines is 4. The van der Waals surface area contributed by atoms with Crippen molar-refractivity contribution in [3.05, 3.63) is 105 Å². The molecule has 15 heteroatoms. The average Bonchev–Trinajstić information content (AvgIpc) is 3.19. The summed E-state index contributed by atoms with van der Waals surface area (Å²) >= 11 is 0. The zero-order valence-electron chi connectivity index (χ0n) is 30.9. The van der Waals surface area contributed by atoms with Crippen LogP contribution in [0, 0.1) is 0 Å². The molecular formula is C40H45ClN6O8. The van der Waals surface area contributed by atoms with Crippen molar-refractivity contribution in [2.45, 2.75) is 0 Å². The van der Waals surface area contributed by atoms with Gasteiger partial charge in [0, 0.05) is 88.8 Å². The van der Waals surface area contributed by atoms with E-state index >= 15 is 0 Å². The number of carbonyl (C=O) groups excluding carboxylic acids is 1. The van der Waals surface area contributed by atoms with Crippen molar-refractivity contribution in [3.63, 3.8) is 0 Å². The molecule has 8 rings (SSSR count). The monoisotopic (exact) mass is 772 g/mol. The lowest BCUT2D eigenvalue weighted by atomic mass is 10.1. The van der Waals surface area contributed by atoms with Crippen LogP contribution in [0.15, 0.2) is 91.2 Å². The number of hydrogen-bond acceptors (Lipinski definition) is 12. The number of ether oxygens (including phenoxy) is 1. The second kappa shape index (κ2) is 17.4.